The fraction of sp³-hybridized carbons (Fsp3) is 0.939. The van der Waals surface area contributed by atoms with Gasteiger partial charge in [0.2, 0.25) is 5.91 Å². The molecule has 1 saturated heterocycles. The Bertz CT molecular complexity index is 608. The maximum atomic E-state index is 13.7. The zero-order valence-corrected chi connectivity index (χ0v) is 26.5. The number of hydrogen-bond donors (Lipinski definition) is 0. The van der Waals surface area contributed by atoms with Crippen LogP contribution in [0.4, 0.5) is 0 Å². The first-order chi connectivity index (χ1) is 18.0. The molecule has 0 radical (unpaired) electrons. The molecule has 1 fully saturated rings. The number of nitrogens with zero attached hydrogens (tertiary/aromatic N) is 2. The van der Waals surface area contributed by atoms with Gasteiger partial charge in [0.1, 0.15) is 6.10 Å². The minimum Gasteiger partial charge on any atom is -0.462 e. The lowest BCUT2D eigenvalue weighted by molar-refractivity contribution is -0.161. The highest BCUT2D eigenvalue weighted by Crippen LogP contribution is 2.39. The smallest absolute Gasteiger partial charge is 0.302 e. The van der Waals surface area contributed by atoms with Gasteiger partial charge in [-0.3, -0.25) is 14.5 Å². The highest BCUT2D eigenvalue weighted by molar-refractivity contribution is 5.78. The average Bonchev–Trinajstić information content (AvgIpc) is 2.82. The van der Waals surface area contributed by atoms with Crippen LogP contribution >= 0.6 is 0 Å². The van der Waals surface area contributed by atoms with Gasteiger partial charge in [-0.05, 0) is 40.5 Å². The first kappa shape index (κ1) is 34.9. The Kier molecular flexibility index (Phi) is 17.5. The van der Waals surface area contributed by atoms with Gasteiger partial charge in [0, 0.05) is 43.9 Å². The molecule has 1 aliphatic heterocycles. The van der Waals surface area contributed by atoms with Gasteiger partial charge in [-0.2, -0.15) is 0 Å². The van der Waals surface area contributed by atoms with Crippen molar-refractivity contribution < 1.29 is 14.3 Å². The van der Waals surface area contributed by atoms with E-state index in [9.17, 15) is 9.59 Å². The molecular formula is C33H64N2O3. The number of unbranched alkanes of at least 4 members (excludes halogenated alkanes) is 14. The molecule has 0 N–H and O–H groups in total. The van der Waals surface area contributed by atoms with Crippen LogP contribution in [0.5, 0.6) is 0 Å². The van der Waals surface area contributed by atoms with Gasteiger partial charge in [-0.25, -0.2) is 0 Å². The lowest BCUT2D eigenvalue weighted by Gasteiger charge is -2.54. The molecule has 0 unspecified atom stereocenters. The molecule has 224 valence electrons. The summed E-state index contributed by atoms with van der Waals surface area (Å²) in [5, 5.41) is 0. The molecule has 1 heterocycles. The first-order valence-electron chi connectivity index (χ1n) is 16.3. The van der Waals surface area contributed by atoms with Crippen LogP contribution in [0.3, 0.4) is 0 Å². The third kappa shape index (κ3) is 14.3. The first-order valence-corrected chi connectivity index (χ1v) is 16.3. The second-order valence-corrected chi connectivity index (χ2v) is 13.2. The highest BCUT2D eigenvalue weighted by Gasteiger charge is 2.47. The summed E-state index contributed by atoms with van der Waals surface area (Å²) in [5.41, 5.74) is -0.416. The zero-order valence-electron chi connectivity index (χ0n) is 26.5. The van der Waals surface area contributed by atoms with E-state index in [1.165, 1.54) is 96.8 Å². The van der Waals surface area contributed by atoms with Gasteiger partial charge in [0.25, 0.3) is 0 Å². The van der Waals surface area contributed by atoms with Gasteiger partial charge in [0.05, 0.1) is 6.54 Å². The van der Waals surface area contributed by atoms with E-state index >= 15 is 0 Å². The van der Waals surface area contributed by atoms with Crippen molar-refractivity contribution in [2.24, 2.45) is 0 Å². The van der Waals surface area contributed by atoms with Crippen LogP contribution in [0.1, 0.15) is 164 Å². The minimum absolute atomic E-state index is 0.0883. The molecule has 0 aromatic carbocycles. The normalized spacial score (nSPS) is 17.4. The van der Waals surface area contributed by atoms with Crippen LogP contribution in [0.15, 0.2) is 0 Å². The summed E-state index contributed by atoms with van der Waals surface area (Å²) < 4.78 is 5.62. The quantitative estimate of drug-likeness (QED) is 0.109. The van der Waals surface area contributed by atoms with Crippen molar-refractivity contribution in [1.29, 1.82) is 0 Å². The molecule has 1 aliphatic rings. The third-order valence-corrected chi connectivity index (χ3v) is 8.46. The predicted molar refractivity (Wildman–Crippen MR) is 161 cm³/mol. The molecule has 0 bridgehead atoms. The van der Waals surface area contributed by atoms with E-state index in [4.69, 9.17) is 4.74 Å². The Balaban J connectivity index is 2.66. The lowest BCUT2D eigenvalue weighted by Crippen LogP contribution is -2.64. The zero-order chi connectivity index (χ0) is 28.4. The molecule has 5 nitrogen and oxygen atoms in total. The molecule has 0 atom stereocenters. The van der Waals surface area contributed by atoms with E-state index in [0.717, 1.165) is 38.8 Å². The van der Waals surface area contributed by atoms with Gasteiger partial charge < -0.3 is 9.64 Å². The molecule has 0 aromatic heterocycles. The van der Waals surface area contributed by atoms with Gasteiger partial charge >= 0.3 is 5.97 Å². The maximum absolute atomic E-state index is 13.7. The van der Waals surface area contributed by atoms with Crippen LogP contribution in [-0.2, 0) is 14.3 Å². The molecule has 0 aliphatic carbocycles. The summed E-state index contributed by atoms with van der Waals surface area (Å²) in [5.74, 6) is 0.0519. The van der Waals surface area contributed by atoms with Crippen molar-refractivity contribution in [2.45, 2.75) is 181 Å². The number of carbonyl (C=O) groups excluding carboxylic acids is 2. The molecule has 1 rings (SSSR count). The second-order valence-electron chi connectivity index (χ2n) is 13.2. The number of carbonyl (C=O) groups is 2. The Labute approximate surface area is 236 Å². The van der Waals surface area contributed by atoms with Crippen LogP contribution in [-0.4, -0.2) is 58.5 Å². The Morgan fingerprint density at radius 1 is 0.684 bits per heavy atom. The standard InChI is InChI=1S/C33H64N2O3/c1-8-10-12-14-16-18-20-22-24-34(25-23-21-19-17-15-13-11-9-2)31(37)28-35-32(4,5)26-30(38-29(3)36)27-33(35,6)7/h30H,8-28H2,1-7H3. The molecule has 0 aromatic rings. The van der Waals surface area contributed by atoms with Crippen LogP contribution < -0.4 is 0 Å². The molecule has 0 saturated carbocycles. The molecule has 0 spiro atoms. The van der Waals surface area contributed by atoms with Gasteiger partial charge in [0.15, 0.2) is 0 Å². The van der Waals surface area contributed by atoms with Crippen LogP contribution in [0, 0.1) is 0 Å². The summed E-state index contributed by atoms with van der Waals surface area (Å²) in [7, 11) is 0. The molecular weight excluding hydrogens is 472 g/mol. The van der Waals surface area contributed by atoms with Crippen molar-refractivity contribution in [3.63, 3.8) is 0 Å². The monoisotopic (exact) mass is 536 g/mol. The fourth-order valence-electron chi connectivity index (χ4n) is 6.44. The molecule has 38 heavy (non-hydrogen) atoms. The lowest BCUT2D eigenvalue weighted by atomic mass is 9.78. The van der Waals surface area contributed by atoms with Gasteiger partial charge in [-0.15, -0.1) is 0 Å². The Hall–Kier alpha value is -1.10. The van der Waals surface area contributed by atoms with Crippen molar-refractivity contribution in [2.75, 3.05) is 19.6 Å². The SMILES string of the molecule is CCCCCCCCCCN(CCCCCCCCCC)C(=O)CN1C(C)(C)CC(OC(C)=O)CC1(C)C. The van der Waals surface area contributed by atoms with Crippen LogP contribution in [0.2, 0.25) is 0 Å². The topological polar surface area (TPSA) is 49.9 Å². The fourth-order valence-corrected chi connectivity index (χ4v) is 6.44. The number of esters is 1. The van der Waals surface area contributed by atoms with Crippen molar-refractivity contribution >= 4 is 11.9 Å². The summed E-state index contributed by atoms with van der Waals surface area (Å²) in [6.07, 6.45) is 22.0. The number of ether oxygens (including phenoxy) is 1. The summed E-state index contributed by atoms with van der Waals surface area (Å²) in [6.45, 7) is 17.0. The van der Waals surface area contributed by atoms with Crippen molar-refractivity contribution in [3.05, 3.63) is 0 Å². The highest BCUT2D eigenvalue weighted by atomic mass is 16.5. The van der Waals surface area contributed by atoms with E-state index in [0.29, 0.717) is 6.54 Å². The Morgan fingerprint density at radius 3 is 1.42 bits per heavy atom. The summed E-state index contributed by atoms with van der Waals surface area (Å²) >= 11 is 0. The molecule has 1 amide bonds. The average molecular weight is 537 g/mol. The number of rotatable bonds is 21. The summed E-state index contributed by atoms with van der Waals surface area (Å²) in [4.78, 5) is 29.9. The van der Waals surface area contributed by atoms with E-state index in [1.54, 1.807) is 0 Å². The predicted octanol–water partition coefficient (Wildman–Crippen LogP) is 8.68. The van der Waals surface area contributed by atoms with E-state index < -0.39 is 0 Å². The largest absolute Gasteiger partial charge is 0.462 e. The number of piperidine rings is 1. The van der Waals surface area contributed by atoms with Gasteiger partial charge in [-0.1, -0.05) is 104 Å². The minimum atomic E-state index is -0.215. The van der Waals surface area contributed by atoms with Crippen molar-refractivity contribution in [3.8, 4) is 0 Å². The second kappa shape index (κ2) is 19.1. The number of hydrogen-bond acceptors (Lipinski definition) is 4. The van der Waals surface area contributed by atoms with E-state index in [-0.39, 0.29) is 29.1 Å². The maximum Gasteiger partial charge on any atom is 0.302 e. The van der Waals surface area contributed by atoms with E-state index in [2.05, 4.69) is 51.3 Å². The van der Waals surface area contributed by atoms with Crippen molar-refractivity contribution in [1.82, 2.24) is 9.80 Å². The third-order valence-electron chi connectivity index (χ3n) is 8.46. The number of likely N-dealkylation sites (tertiary alicyclic amines) is 1. The number of amides is 1. The summed E-state index contributed by atoms with van der Waals surface area (Å²) in [6, 6.07) is 0. The Morgan fingerprint density at radius 2 is 1.05 bits per heavy atom. The molecule has 5 heteroatoms. The van der Waals surface area contributed by atoms with Crippen LogP contribution in [0.25, 0.3) is 0 Å². The van der Waals surface area contributed by atoms with E-state index in [1.807, 2.05) is 0 Å².